The van der Waals surface area contributed by atoms with E-state index in [0.717, 1.165) is 18.4 Å². The molecule has 1 saturated carbocycles. The number of hydrogen-bond donors (Lipinski definition) is 0. The van der Waals surface area contributed by atoms with Crippen LogP contribution >= 0.6 is 0 Å². The van der Waals surface area contributed by atoms with Crippen molar-refractivity contribution in [2.45, 2.75) is 38.3 Å². The largest absolute Gasteiger partial charge is 0.242 e. The maximum Gasteiger partial charge on any atom is 0.128 e. The van der Waals surface area contributed by atoms with Gasteiger partial charge in [0.2, 0.25) is 0 Å². The molecule has 0 heterocycles. The van der Waals surface area contributed by atoms with Gasteiger partial charge in [-0.3, -0.25) is 0 Å². The van der Waals surface area contributed by atoms with Crippen LogP contribution in [0.15, 0.2) is 30.3 Å². The molecule has 76 valence electrons. The summed E-state index contributed by atoms with van der Waals surface area (Å²) < 4.78 is 14.0. The highest BCUT2D eigenvalue weighted by atomic mass is 19.1. The normalized spacial score (nSPS) is 20.6. The van der Waals surface area contributed by atoms with E-state index in [1.54, 1.807) is 0 Å². The van der Waals surface area contributed by atoms with Gasteiger partial charge < -0.3 is 0 Å². The molecule has 0 aromatic heterocycles. The standard InChI is InChI=1S/C13H17F/c14-13(11-7-3-1-4-8-11)12-9-5-2-6-10-12/h1,3-4,7-8,12-13H,2,5-6,9-10H2. The van der Waals surface area contributed by atoms with E-state index in [1.165, 1.54) is 19.3 Å². The molecular weight excluding hydrogens is 175 g/mol. The van der Waals surface area contributed by atoms with E-state index in [4.69, 9.17) is 0 Å². The van der Waals surface area contributed by atoms with E-state index in [0.29, 0.717) is 0 Å². The molecule has 14 heavy (non-hydrogen) atoms. The zero-order chi connectivity index (χ0) is 9.80. The highest BCUT2D eigenvalue weighted by Gasteiger charge is 2.24. The third kappa shape index (κ3) is 2.14. The lowest BCUT2D eigenvalue weighted by Crippen LogP contribution is -2.12. The lowest BCUT2D eigenvalue weighted by Gasteiger charge is -2.25. The van der Waals surface area contributed by atoms with E-state index in [2.05, 4.69) is 0 Å². The van der Waals surface area contributed by atoms with E-state index in [1.807, 2.05) is 30.3 Å². The van der Waals surface area contributed by atoms with E-state index >= 15 is 0 Å². The molecule has 0 aliphatic heterocycles. The van der Waals surface area contributed by atoms with Gasteiger partial charge in [-0.2, -0.15) is 0 Å². The zero-order valence-electron chi connectivity index (χ0n) is 8.45. The number of hydrogen-bond acceptors (Lipinski definition) is 0. The highest BCUT2D eigenvalue weighted by molar-refractivity contribution is 5.18. The van der Waals surface area contributed by atoms with Crippen molar-refractivity contribution in [3.05, 3.63) is 35.9 Å². The Morgan fingerprint density at radius 1 is 1.00 bits per heavy atom. The summed E-state index contributed by atoms with van der Waals surface area (Å²) in [5.41, 5.74) is 0.861. The van der Waals surface area contributed by atoms with Gasteiger partial charge in [-0.25, -0.2) is 4.39 Å². The summed E-state index contributed by atoms with van der Waals surface area (Å²) in [5.74, 6) is 0.270. The van der Waals surface area contributed by atoms with Crippen LogP contribution < -0.4 is 0 Å². The second-order valence-electron chi connectivity index (χ2n) is 4.21. The summed E-state index contributed by atoms with van der Waals surface area (Å²) in [6.07, 6.45) is 5.09. The highest BCUT2D eigenvalue weighted by Crippen LogP contribution is 2.36. The van der Waals surface area contributed by atoms with Gasteiger partial charge in [-0.05, 0) is 24.3 Å². The van der Waals surface area contributed by atoms with Crippen LogP contribution in [0.3, 0.4) is 0 Å². The molecule has 1 fully saturated rings. The molecule has 0 nitrogen and oxygen atoms in total. The van der Waals surface area contributed by atoms with Gasteiger partial charge in [-0.1, -0.05) is 49.6 Å². The van der Waals surface area contributed by atoms with Gasteiger partial charge in [0.05, 0.1) is 0 Å². The Bertz CT molecular complexity index is 262. The first kappa shape index (κ1) is 9.70. The van der Waals surface area contributed by atoms with Gasteiger partial charge in [-0.15, -0.1) is 0 Å². The average molecular weight is 192 g/mol. The Morgan fingerprint density at radius 3 is 2.29 bits per heavy atom. The maximum atomic E-state index is 14.0. The lowest BCUT2D eigenvalue weighted by atomic mass is 9.83. The van der Waals surface area contributed by atoms with E-state index in [-0.39, 0.29) is 5.92 Å². The Hall–Kier alpha value is -0.850. The van der Waals surface area contributed by atoms with Crippen molar-refractivity contribution in [1.82, 2.24) is 0 Å². The molecule has 0 bridgehead atoms. The molecule has 0 N–H and O–H groups in total. The van der Waals surface area contributed by atoms with E-state index < -0.39 is 6.17 Å². The van der Waals surface area contributed by atoms with Crippen LogP contribution in [-0.2, 0) is 0 Å². The molecule has 1 aliphatic carbocycles. The number of alkyl halides is 1. The zero-order valence-corrected chi connectivity index (χ0v) is 8.45. The van der Waals surface area contributed by atoms with Crippen LogP contribution in [-0.4, -0.2) is 0 Å². The SMILES string of the molecule is FC(c1ccccc1)C1CCCCC1. The second kappa shape index (κ2) is 4.59. The van der Waals surface area contributed by atoms with Crippen molar-refractivity contribution < 1.29 is 4.39 Å². The lowest BCUT2D eigenvalue weighted by molar-refractivity contribution is 0.183. The van der Waals surface area contributed by atoms with Crippen molar-refractivity contribution in [2.75, 3.05) is 0 Å². The van der Waals surface area contributed by atoms with Gasteiger partial charge in [0, 0.05) is 0 Å². The quantitative estimate of drug-likeness (QED) is 0.656. The molecule has 1 unspecified atom stereocenters. The first-order valence-electron chi connectivity index (χ1n) is 5.57. The van der Waals surface area contributed by atoms with E-state index in [9.17, 15) is 4.39 Å². The van der Waals surface area contributed by atoms with Crippen molar-refractivity contribution in [2.24, 2.45) is 5.92 Å². The minimum absolute atomic E-state index is 0.270. The van der Waals surface area contributed by atoms with Crippen LogP contribution in [0, 0.1) is 5.92 Å². The monoisotopic (exact) mass is 192 g/mol. The molecule has 0 saturated heterocycles. The second-order valence-corrected chi connectivity index (χ2v) is 4.21. The topological polar surface area (TPSA) is 0 Å². The fourth-order valence-electron chi connectivity index (χ4n) is 2.34. The van der Waals surface area contributed by atoms with Crippen molar-refractivity contribution in [3.8, 4) is 0 Å². The molecule has 1 aliphatic rings. The minimum Gasteiger partial charge on any atom is -0.242 e. The van der Waals surface area contributed by atoms with Crippen LogP contribution in [0.5, 0.6) is 0 Å². The molecule has 1 aromatic rings. The smallest absolute Gasteiger partial charge is 0.128 e. The van der Waals surface area contributed by atoms with Gasteiger partial charge >= 0.3 is 0 Å². The van der Waals surface area contributed by atoms with Crippen LogP contribution in [0.25, 0.3) is 0 Å². The summed E-state index contributed by atoms with van der Waals surface area (Å²) in [4.78, 5) is 0. The number of rotatable bonds is 2. The van der Waals surface area contributed by atoms with Crippen molar-refractivity contribution in [3.63, 3.8) is 0 Å². The summed E-state index contributed by atoms with van der Waals surface area (Å²) in [6.45, 7) is 0. The Labute approximate surface area is 85.1 Å². The van der Waals surface area contributed by atoms with Crippen molar-refractivity contribution >= 4 is 0 Å². The predicted molar refractivity (Wildman–Crippen MR) is 56.9 cm³/mol. The third-order valence-corrected chi connectivity index (χ3v) is 3.18. The van der Waals surface area contributed by atoms with Crippen LogP contribution in [0.2, 0.25) is 0 Å². The predicted octanol–water partition coefficient (Wildman–Crippen LogP) is 4.28. The molecular formula is C13H17F. The first-order valence-corrected chi connectivity index (χ1v) is 5.57. The molecule has 1 heteroatoms. The van der Waals surface area contributed by atoms with Crippen LogP contribution in [0.1, 0.15) is 43.8 Å². The molecule has 1 aromatic carbocycles. The fraction of sp³-hybridized carbons (Fsp3) is 0.538. The van der Waals surface area contributed by atoms with Crippen molar-refractivity contribution in [1.29, 1.82) is 0 Å². The van der Waals surface area contributed by atoms with Gasteiger partial charge in [0.15, 0.2) is 0 Å². The fourth-order valence-corrected chi connectivity index (χ4v) is 2.34. The average Bonchev–Trinajstić information content (AvgIpc) is 2.30. The molecule has 2 rings (SSSR count). The molecule has 0 amide bonds. The Kier molecular flexibility index (Phi) is 3.18. The van der Waals surface area contributed by atoms with Gasteiger partial charge in [0.25, 0.3) is 0 Å². The van der Waals surface area contributed by atoms with Gasteiger partial charge in [0.1, 0.15) is 6.17 Å². The first-order chi connectivity index (χ1) is 6.88. The molecule has 1 atom stereocenters. The minimum atomic E-state index is -0.739. The third-order valence-electron chi connectivity index (χ3n) is 3.18. The molecule has 0 spiro atoms. The summed E-state index contributed by atoms with van der Waals surface area (Å²) >= 11 is 0. The summed E-state index contributed by atoms with van der Waals surface area (Å²) in [5, 5.41) is 0. The summed E-state index contributed by atoms with van der Waals surface area (Å²) in [6, 6.07) is 9.59. The Balaban J connectivity index is 2.03. The van der Waals surface area contributed by atoms with Crippen LogP contribution in [0.4, 0.5) is 4.39 Å². The summed E-state index contributed by atoms with van der Waals surface area (Å²) in [7, 11) is 0. The molecule has 0 radical (unpaired) electrons. The number of halogens is 1. The maximum absolute atomic E-state index is 14.0. The number of benzene rings is 1. The Morgan fingerprint density at radius 2 is 1.64 bits per heavy atom.